The van der Waals surface area contributed by atoms with Gasteiger partial charge in [0.1, 0.15) is 5.82 Å². The van der Waals surface area contributed by atoms with E-state index in [2.05, 4.69) is 31.4 Å². The molecule has 1 fully saturated rings. The predicted octanol–water partition coefficient (Wildman–Crippen LogP) is 4.49. The number of nitrogens with two attached hydrogens (primary N) is 1. The normalized spacial score (nSPS) is 18.2. The molecule has 1 aliphatic carbocycles. The first kappa shape index (κ1) is 13.5. The van der Waals surface area contributed by atoms with Crippen LogP contribution in [0.5, 0.6) is 0 Å². The maximum absolute atomic E-state index is 5.91. The number of anilines is 1. The van der Waals surface area contributed by atoms with Gasteiger partial charge in [-0.05, 0) is 43.9 Å². The molecule has 1 aromatic heterocycles. The third kappa shape index (κ3) is 2.19. The number of nitrogen functional groups attached to an aromatic ring is 1. The molecule has 1 aromatic carbocycles. The molecule has 1 heterocycles. The second-order valence-corrected chi connectivity index (χ2v) is 6.53. The standard InChI is InChI=1S/C17H25N3/c1-11(2)17-19-15-10-14(18)8-9-16(15)20(17)12(3)13-6-4-5-7-13/h8-13H,4-7,18H2,1-3H3. The maximum Gasteiger partial charge on any atom is 0.112 e. The van der Waals surface area contributed by atoms with Crippen molar-refractivity contribution < 1.29 is 0 Å². The lowest BCUT2D eigenvalue weighted by Crippen LogP contribution is -2.17. The molecule has 0 spiro atoms. The summed E-state index contributed by atoms with van der Waals surface area (Å²) in [7, 11) is 0. The Labute approximate surface area is 121 Å². The predicted molar refractivity (Wildman–Crippen MR) is 84.9 cm³/mol. The van der Waals surface area contributed by atoms with Gasteiger partial charge in [0.15, 0.2) is 0 Å². The number of rotatable bonds is 3. The van der Waals surface area contributed by atoms with Gasteiger partial charge in [0.25, 0.3) is 0 Å². The number of aromatic nitrogens is 2. The number of benzene rings is 1. The van der Waals surface area contributed by atoms with Crippen LogP contribution in [0.15, 0.2) is 18.2 Å². The van der Waals surface area contributed by atoms with Crippen molar-refractivity contribution in [2.45, 2.75) is 58.4 Å². The zero-order chi connectivity index (χ0) is 14.3. The maximum atomic E-state index is 5.91. The fourth-order valence-corrected chi connectivity index (χ4v) is 3.62. The van der Waals surface area contributed by atoms with Crippen LogP contribution < -0.4 is 5.73 Å². The Hall–Kier alpha value is -1.51. The molecular formula is C17H25N3. The number of imidazole rings is 1. The average molecular weight is 271 g/mol. The molecule has 1 unspecified atom stereocenters. The molecule has 0 radical (unpaired) electrons. The molecule has 3 nitrogen and oxygen atoms in total. The lowest BCUT2D eigenvalue weighted by atomic mass is 9.98. The van der Waals surface area contributed by atoms with Crippen LogP contribution in [0.25, 0.3) is 11.0 Å². The summed E-state index contributed by atoms with van der Waals surface area (Å²) in [6, 6.07) is 6.66. The van der Waals surface area contributed by atoms with E-state index in [0.717, 1.165) is 17.1 Å². The molecule has 1 aliphatic rings. The fourth-order valence-electron chi connectivity index (χ4n) is 3.62. The van der Waals surface area contributed by atoms with Crippen LogP contribution in [-0.4, -0.2) is 9.55 Å². The zero-order valence-electron chi connectivity index (χ0n) is 12.8. The summed E-state index contributed by atoms with van der Waals surface area (Å²) in [5.74, 6) is 2.43. The van der Waals surface area contributed by atoms with Crippen molar-refractivity contribution in [2.75, 3.05) is 5.73 Å². The van der Waals surface area contributed by atoms with E-state index in [0.29, 0.717) is 12.0 Å². The van der Waals surface area contributed by atoms with Gasteiger partial charge in [0, 0.05) is 17.6 Å². The molecule has 0 amide bonds. The second kappa shape index (κ2) is 5.12. The van der Waals surface area contributed by atoms with Gasteiger partial charge in [0.05, 0.1) is 11.0 Å². The molecule has 3 heteroatoms. The fraction of sp³-hybridized carbons (Fsp3) is 0.588. The molecule has 0 saturated heterocycles. The van der Waals surface area contributed by atoms with Gasteiger partial charge < -0.3 is 10.3 Å². The Morgan fingerprint density at radius 1 is 1.20 bits per heavy atom. The highest BCUT2D eigenvalue weighted by molar-refractivity contribution is 5.80. The number of hydrogen-bond acceptors (Lipinski definition) is 2. The van der Waals surface area contributed by atoms with E-state index in [-0.39, 0.29) is 0 Å². The van der Waals surface area contributed by atoms with E-state index < -0.39 is 0 Å². The van der Waals surface area contributed by atoms with E-state index in [4.69, 9.17) is 10.7 Å². The zero-order valence-corrected chi connectivity index (χ0v) is 12.8. The number of hydrogen-bond donors (Lipinski definition) is 1. The van der Waals surface area contributed by atoms with Gasteiger partial charge in [-0.1, -0.05) is 26.7 Å². The Kier molecular flexibility index (Phi) is 3.45. The summed E-state index contributed by atoms with van der Waals surface area (Å²) < 4.78 is 2.47. The highest BCUT2D eigenvalue weighted by Gasteiger charge is 2.26. The van der Waals surface area contributed by atoms with Crippen molar-refractivity contribution in [1.29, 1.82) is 0 Å². The third-order valence-corrected chi connectivity index (χ3v) is 4.75. The van der Waals surface area contributed by atoms with Crippen LogP contribution in [0, 0.1) is 5.92 Å². The lowest BCUT2D eigenvalue weighted by molar-refractivity contribution is 0.356. The first-order valence-corrected chi connectivity index (χ1v) is 7.85. The van der Waals surface area contributed by atoms with Crippen LogP contribution in [-0.2, 0) is 0 Å². The largest absolute Gasteiger partial charge is 0.399 e. The van der Waals surface area contributed by atoms with Crippen molar-refractivity contribution in [3.8, 4) is 0 Å². The summed E-state index contributed by atoms with van der Waals surface area (Å²) in [5.41, 5.74) is 8.98. The van der Waals surface area contributed by atoms with Gasteiger partial charge in [-0.15, -0.1) is 0 Å². The Morgan fingerprint density at radius 2 is 1.90 bits per heavy atom. The van der Waals surface area contributed by atoms with E-state index in [9.17, 15) is 0 Å². The van der Waals surface area contributed by atoms with Crippen molar-refractivity contribution in [3.63, 3.8) is 0 Å². The molecule has 2 aromatic rings. The monoisotopic (exact) mass is 271 g/mol. The van der Waals surface area contributed by atoms with Gasteiger partial charge in [-0.2, -0.15) is 0 Å². The third-order valence-electron chi connectivity index (χ3n) is 4.75. The van der Waals surface area contributed by atoms with E-state index in [1.54, 1.807) is 0 Å². The van der Waals surface area contributed by atoms with Crippen LogP contribution in [0.1, 0.15) is 64.2 Å². The topological polar surface area (TPSA) is 43.8 Å². The van der Waals surface area contributed by atoms with E-state index in [1.807, 2.05) is 12.1 Å². The van der Waals surface area contributed by atoms with E-state index in [1.165, 1.54) is 37.0 Å². The molecule has 0 aliphatic heterocycles. The first-order chi connectivity index (χ1) is 9.58. The van der Waals surface area contributed by atoms with Crippen molar-refractivity contribution in [2.24, 2.45) is 5.92 Å². The minimum Gasteiger partial charge on any atom is -0.399 e. The Morgan fingerprint density at radius 3 is 2.55 bits per heavy atom. The van der Waals surface area contributed by atoms with Crippen LogP contribution in [0.2, 0.25) is 0 Å². The molecule has 1 saturated carbocycles. The smallest absolute Gasteiger partial charge is 0.112 e. The van der Waals surface area contributed by atoms with Crippen molar-refractivity contribution in [1.82, 2.24) is 9.55 Å². The van der Waals surface area contributed by atoms with Gasteiger partial charge in [0.2, 0.25) is 0 Å². The van der Waals surface area contributed by atoms with Crippen LogP contribution in [0.3, 0.4) is 0 Å². The SMILES string of the molecule is CC(C)c1nc2cc(N)ccc2n1C(C)C1CCCC1. The minimum atomic E-state index is 0.437. The summed E-state index contributed by atoms with van der Waals surface area (Å²) in [5, 5.41) is 0. The molecule has 20 heavy (non-hydrogen) atoms. The van der Waals surface area contributed by atoms with E-state index >= 15 is 0 Å². The summed E-state index contributed by atoms with van der Waals surface area (Å²) >= 11 is 0. The van der Waals surface area contributed by atoms with Gasteiger partial charge in [-0.25, -0.2) is 4.98 Å². The number of fused-ring (bicyclic) bond motifs is 1. The molecule has 3 rings (SSSR count). The van der Waals surface area contributed by atoms with Crippen LogP contribution >= 0.6 is 0 Å². The molecular weight excluding hydrogens is 246 g/mol. The molecule has 1 atom stereocenters. The molecule has 108 valence electrons. The molecule has 2 N–H and O–H groups in total. The van der Waals surface area contributed by atoms with Crippen molar-refractivity contribution >= 4 is 16.7 Å². The quantitative estimate of drug-likeness (QED) is 0.836. The molecule has 0 bridgehead atoms. The lowest BCUT2D eigenvalue weighted by Gasteiger charge is -2.24. The van der Waals surface area contributed by atoms with Crippen molar-refractivity contribution in [3.05, 3.63) is 24.0 Å². The highest BCUT2D eigenvalue weighted by Crippen LogP contribution is 2.37. The Bertz CT molecular complexity index is 606. The highest BCUT2D eigenvalue weighted by atomic mass is 15.1. The minimum absolute atomic E-state index is 0.437. The number of nitrogens with zero attached hydrogens (tertiary/aromatic N) is 2. The van der Waals surface area contributed by atoms with Gasteiger partial charge in [-0.3, -0.25) is 0 Å². The first-order valence-electron chi connectivity index (χ1n) is 7.85. The summed E-state index contributed by atoms with van der Waals surface area (Å²) in [6.45, 7) is 6.81. The average Bonchev–Trinajstić information content (AvgIpc) is 3.04. The second-order valence-electron chi connectivity index (χ2n) is 6.53. The summed E-state index contributed by atoms with van der Waals surface area (Å²) in [4.78, 5) is 4.85. The Balaban J connectivity index is 2.13. The van der Waals surface area contributed by atoms with Crippen LogP contribution in [0.4, 0.5) is 5.69 Å². The van der Waals surface area contributed by atoms with Gasteiger partial charge >= 0.3 is 0 Å². The summed E-state index contributed by atoms with van der Waals surface area (Å²) in [6.07, 6.45) is 5.47.